The Hall–Kier alpha value is -1.30. The van der Waals surface area contributed by atoms with Gasteiger partial charge in [0.25, 0.3) is 0 Å². The van der Waals surface area contributed by atoms with Gasteiger partial charge in [-0.15, -0.1) is 0 Å². The highest BCUT2D eigenvalue weighted by molar-refractivity contribution is 5.85. The average molecular weight is 274 g/mol. The van der Waals surface area contributed by atoms with Crippen molar-refractivity contribution in [2.24, 2.45) is 0 Å². The molecule has 6 nitrogen and oxygen atoms in total. The van der Waals surface area contributed by atoms with Crippen LogP contribution in [-0.4, -0.2) is 55.9 Å². The molecule has 2 amide bonds. The largest absolute Gasteiger partial charge is 0.444 e. The third kappa shape index (κ3) is 8.42. The van der Waals surface area contributed by atoms with Gasteiger partial charge in [-0.3, -0.25) is 4.79 Å². The Morgan fingerprint density at radius 1 is 1.32 bits per heavy atom. The minimum atomic E-state index is -0.609. The number of hydrogen-bond acceptors (Lipinski definition) is 4. The fourth-order valence-electron chi connectivity index (χ4n) is 1.43. The first-order chi connectivity index (χ1) is 8.67. The van der Waals surface area contributed by atoms with Gasteiger partial charge in [-0.1, -0.05) is 0 Å². The third-order valence-corrected chi connectivity index (χ3v) is 2.32. The van der Waals surface area contributed by atoms with Crippen molar-refractivity contribution < 1.29 is 19.1 Å². The summed E-state index contributed by atoms with van der Waals surface area (Å²) in [5, 5.41) is 2.52. The van der Waals surface area contributed by atoms with Crippen molar-refractivity contribution in [1.82, 2.24) is 10.2 Å². The Kier molecular flexibility index (Phi) is 7.44. The molecule has 0 spiro atoms. The topological polar surface area (TPSA) is 67.9 Å². The van der Waals surface area contributed by atoms with Crippen molar-refractivity contribution in [3.05, 3.63) is 0 Å². The number of alkyl carbamates (subject to hydrolysis) is 1. The second kappa shape index (κ2) is 7.99. The standard InChI is InChI=1S/C13H26N2O4/c1-10(14-12(17)19-13(2,3)4)11(16)15(5)8-7-9-18-6/h10H,7-9H2,1-6H3,(H,14,17). The Balaban J connectivity index is 4.15. The molecule has 19 heavy (non-hydrogen) atoms. The molecule has 0 aromatic heterocycles. The highest BCUT2D eigenvalue weighted by atomic mass is 16.6. The smallest absolute Gasteiger partial charge is 0.408 e. The quantitative estimate of drug-likeness (QED) is 0.743. The van der Waals surface area contributed by atoms with Crippen LogP contribution in [0.1, 0.15) is 34.1 Å². The number of amides is 2. The van der Waals surface area contributed by atoms with Gasteiger partial charge in [-0.2, -0.15) is 0 Å². The van der Waals surface area contributed by atoms with Crippen molar-refractivity contribution in [1.29, 1.82) is 0 Å². The predicted octanol–water partition coefficient (Wildman–Crippen LogP) is 1.39. The third-order valence-electron chi connectivity index (χ3n) is 2.32. The van der Waals surface area contributed by atoms with E-state index in [1.165, 1.54) is 0 Å². The molecule has 0 aromatic rings. The van der Waals surface area contributed by atoms with Gasteiger partial charge in [0.1, 0.15) is 11.6 Å². The summed E-state index contributed by atoms with van der Waals surface area (Å²) in [6, 6.07) is -0.609. The van der Waals surface area contributed by atoms with Gasteiger partial charge in [0.15, 0.2) is 0 Å². The van der Waals surface area contributed by atoms with Crippen LogP contribution in [0, 0.1) is 0 Å². The number of likely N-dealkylation sites (N-methyl/N-ethyl adjacent to an activating group) is 1. The zero-order valence-corrected chi connectivity index (χ0v) is 12.8. The van der Waals surface area contributed by atoms with E-state index < -0.39 is 17.7 Å². The zero-order valence-electron chi connectivity index (χ0n) is 12.8. The van der Waals surface area contributed by atoms with E-state index in [0.29, 0.717) is 13.2 Å². The van der Waals surface area contributed by atoms with Crippen LogP contribution in [0.3, 0.4) is 0 Å². The van der Waals surface area contributed by atoms with Crippen LogP contribution < -0.4 is 5.32 Å². The maximum absolute atomic E-state index is 12.0. The number of ether oxygens (including phenoxy) is 2. The molecule has 0 aromatic carbocycles. The van der Waals surface area contributed by atoms with E-state index in [9.17, 15) is 9.59 Å². The second-order valence-corrected chi connectivity index (χ2v) is 5.47. The first kappa shape index (κ1) is 17.7. The number of carbonyl (C=O) groups is 2. The lowest BCUT2D eigenvalue weighted by Gasteiger charge is -2.24. The fraction of sp³-hybridized carbons (Fsp3) is 0.846. The minimum Gasteiger partial charge on any atom is -0.444 e. The van der Waals surface area contributed by atoms with Gasteiger partial charge < -0.3 is 19.7 Å². The molecule has 0 bridgehead atoms. The fourth-order valence-corrected chi connectivity index (χ4v) is 1.43. The number of methoxy groups -OCH3 is 1. The lowest BCUT2D eigenvalue weighted by atomic mass is 10.2. The Bertz CT molecular complexity index is 300. The van der Waals surface area contributed by atoms with Crippen LogP contribution in [0.25, 0.3) is 0 Å². The van der Waals surface area contributed by atoms with E-state index in [2.05, 4.69) is 5.32 Å². The molecule has 0 saturated carbocycles. The summed E-state index contributed by atoms with van der Waals surface area (Å²) in [5.74, 6) is -0.151. The number of carbonyl (C=O) groups excluding carboxylic acids is 2. The molecule has 0 rings (SSSR count). The number of nitrogens with one attached hydrogen (secondary N) is 1. The van der Waals surface area contributed by atoms with E-state index in [1.807, 2.05) is 0 Å². The van der Waals surface area contributed by atoms with E-state index in [1.54, 1.807) is 46.8 Å². The Morgan fingerprint density at radius 3 is 2.37 bits per heavy atom. The molecule has 0 aliphatic rings. The minimum absolute atomic E-state index is 0.151. The molecule has 0 saturated heterocycles. The van der Waals surface area contributed by atoms with Gasteiger partial charge in [0.2, 0.25) is 5.91 Å². The highest BCUT2D eigenvalue weighted by Crippen LogP contribution is 2.07. The summed E-state index contributed by atoms with van der Waals surface area (Å²) in [4.78, 5) is 25.1. The van der Waals surface area contributed by atoms with Gasteiger partial charge >= 0.3 is 6.09 Å². The van der Waals surface area contributed by atoms with E-state index in [-0.39, 0.29) is 5.91 Å². The van der Waals surface area contributed by atoms with Crippen LogP contribution in [-0.2, 0) is 14.3 Å². The first-order valence-corrected chi connectivity index (χ1v) is 6.41. The average Bonchev–Trinajstić information content (AvgIpc) is 2.25. The normalized spacial score (nSPS) is 12.7. The van der Waals surface area contributed by atoms with Gasteiger partial charge in [-0.05, 0) is 34.1 Å². The molecule has 1 unspecified atom stereocenters. The van der Waals surface area contributed by atoms with Gasteiger partial charge in [0, 0.05) is 27.3 Å². The highest BCUT2D eigenvalue weighted by Gasteiger charge is 2.22. The summed E-state index contributed by atoms with van der Waals surface area (Å²) >= 11 is 0. The van der Waals surface area contributed by atoms with Gasteiger partial charge in [0.05, 0.1) is 0 Å². The maximum Gasteiger partial charge on any atom is 0.408 e. The number of rotatable bonds is 6. The van der Waals surface area contributed by atoms with Crippen LogP contribution >= 0.6 is 0 Å². The molecule has 0 radical (unpaired) electrons. The summed E-state index contributed by atoms with van der Waals surface area (Å²) in [6.07, 6.45) is 0.177. The van der Waals surface area contributed by atoms with E-state index in [4.69, 9.17) is 9.47 Å². The summed E-state index contributed by atoms with van der Waals surface area (Å²) in [7, 11) is 3.32. The lowest BCUT2D eigenvalue weighted by molar-refractivity contribution is -0.131. The molecule has 112 valence electrons. The van der Waals surface area contributed by atoms with Crippen LogP contribution in [0.5, 0.6) is 0 Å². The van der Waals surface area contributed by atoms with Gasteiger partial charge in [-0.25, -0.2) is 4.79 Å². The molecule has 0 aliphatic carbocycles. The maximum atomic E-state index is 12.0. The molecule has 0 heterocycles. The van der Waals surface area contributed by atoms with E-state index in [0.717, 1.165) is 6.42 Å². The van der Waals surface area contributed by atoms with Crippen LogP contribution in [0.15, 0.2) is 0 Å². The Morgan fingerprint density at radius 2 is 1.89 bits per heavy atom. The lowest BCUT2D eigenvalue weighted by Crippen LogP contribution is -2.47. The molecule has 1 atom stereocenters. The molecular formula is C13H26N2O4. The first-order valence-electron chi connectivity index (χ1n) is 6.41. The van der Waals surface area contributed by atoms with Crippen LogP contribution in [0.4, 0.5) is 4.79 Å². The van der Waals surface area contributed by atoms with Crippen molar-refractivity contribution >= 4 is 12.0 Å². The monoisotopic (exact) mass is 274 g/mol. The molecule has 0 fully saturated rings. The van der Waals surface area contributed by atoms with Crippen LogP contribution in [0.2, 0.25) is 0 Å². The Labute approximate surface area is 115 Å². The predicted molar refractivity (Wildman–Crippen MR) is 73.0 cm³/mol. The van der Waals surface area contributed by atoms with Crippen molar-refractivity contribution in [2.45, 2.75) is 45.8 Å². The number of nitrogens with zero attached hydrogens (tertiary/aromatic N) is 1. The summed E-state index contributed by atoms with van der Waals surface area (Å²) in [5.41, 5.74) is -0.572. The molecule has 6 heteroatoms. The SMILES string of the molecule is COCCCN(C)C(=O)C(C)NC(=O)OC(C)(C)C. The summed E-state index contributed by atoms with van der Waals surface area (Å²) < 4.78 is 10.0. The van der Waals surface area contributed by atoms with E-state index >= 15 is 0 Å². The molecule has 0 aliphatic heterocycles. The zero-order chi connectivity index (χ0) is 15.1. The number of hydrogen-bond donors (Lipinski definition) is 1. The van der Waals surface area contributed by atoms with Crippen molar-refractivity contribution in [2.75, 3.05) is 27.3 Å². The molecular weight excluding hydrogens is 248 g/mol. The van der Waals surface area contributed by atoms with Crippen molar-refractivity contribution in [3.63, 3.8) is 0 Å². The second-order valence-electron chi connectivity index (χ2n) is 5.47. The molecule has 1 N–H and O–H groups in total. The van der Waals surface area contributed by atoms with Crippen molar-refractivity contribution in [3.8, 4) is 0 Å². The summed E-state index contributed by atoms with van der Waals surface area (Å²) in [6.45, 7) is 8.15.